The first kappa shape index (κ1) is 11.2. The van der Waals surface area contributed by atoms with Gasteiger partial charge in [0.15, 0.2) is 5.82 Å². The van der Waals surface area contributed by atoms with Crippen LogP contribution in [0.2, 0.25) is 0 Å². The standard InChI is InChI=1S/C10H15N5S/c1-3-5-8-9(16-14-12-8)10-13-11-7-15(10)6-4-2/h7H,3-6H2,1-2H3. The maximum absolute atomic E-state index is 4.16. The van der Waals surface area contributed by atoms with Crippen LogP contribution in [0.15, 0.2) is 6.33 Å². The number of aryl methyl sites for hydroxylation is 2. The van der Waals surface area contributed by atoms with E-state index in [0.29, 0.717) is 0 Å². The Hall–Kier alpha value is -1.30. The smallest absolute Gasteiger partial charge is 0.177 e. The molecule has 0 atom stereocenters. The first-order chi connectivity index (χ1) is 7.86. The fourth-order valence-corrected chi connectivity index (χ4v) is 2.32. The van der Waals surface area contributed by atoms with Crippen molar-refractivity contribution >= 4 is 11.5 Å². The predicted octanol–water partition coefficient (Wildman–Crippen LogP) is 2.16. The fraction of sp³-hybridized carbons (Fsp3) is 0.600. The Bertz CT molecular complexity index is 405. The predicted molar refractivity (Wildman–Crippen MR) is 63.2 cm³/mol. The van der Waals surface area contributed by atoms with Crippen molar-refractivity contribution in [3.05, 3.63) is 12.0 Å². The number of nitrogens with zero attached hydrogens (tertiary/aromatic N) is 5. The molecule has 0 aliphatic heterocycles. The fourth-order valence-electron chi connectivity index (χ4n) is 1.61. The molecule has 86 valence electrons. The minimum atomic E-state index is 0.903. The number of rotatable bonds is 5. The highest BCUT2D eigenvalue weighted by Gasteiger charge is 2.15. The molecule has 0 radical (unpaired) electrons. The summed E-state index contributed by atoms with van der Waals surface area (Å²) in [5.41, 5.74) is 1.04. The lowest BCUT2D eigenvalue weighted by molar-refractivity contribution is 0.682. The van der Waals surface area contributed by atoms with E-state index in [1.54, 1.807) is 6.33 Å². The Morgan fingerprint density at radius 3 is 2.88 bits per heavy atom. The minimum Gasteiger partial charge on any atom is -0.313 e. The molecule has 0 aliphatic carbocycles. The lowest BCUT2D eigenvalue weighted by Gasteiger charge is -2.03. The molecule has 2 heterocycles. The van der Waals surface area contributed by atoms with E-state index in [1.807, 2.05) is 0 Å². The van der Waals surface area contributed by atoms with Crippen molar-refractivity contribution in [3.8, 4) is 10.7 Å². The monoisotopic (exact) mass is 237 g/mol. The molecule has 0 bridgehead atoms. The molecule has 0 saturated carbocycles. The SMILES string of the molecule is CCCc1nnsc1-c1nncn1CCC. The molecule has 16 heavy (non-hydrogen) atoms. The summed E-state index contributed by atoms with van der Waals surface area (Å²) in [6.45, 7) is 5.22. The van der Waals surface area contributed by atoms with Crippen molar-refractivity contribution < 1.29 is 0 Å². The highest BCUT2D eigenvalue weighted by molar-refractivity contribution is 7.09. The van der Waals surface area contributed by atoms with Gasteiger partial charge in [0.1, 0.15) is 11.2 Å². The average molecular weight is 237 g/mol. The molecule has 0 amide bonds. The van der Waals surface area contributed by atoms with Gasteiger partial charge in [0.05, 0.1) is 5.69 Å². The third kappa shape index (κ3) is 2.11. The van der Waals surface area contributed by atoms with E-state index < -0.39 is 0 Å². The lowest BCUT2D eigenvalue weighted by Crippen LogP contribution is -1.99. The lowest BCUT2D eigenvalue weighted by atomic mass is 10.2. The van der Waals surface area contributed by atoms with Gasteiger partial charge in [0.25, 0.3) is 0 Å². The minimum absolute atomic E-state index is 0.903. The largest absolute Gasteiger partial charge is 0.313 e. The van der Waals surface area contributed by atoms with Gasteiger partial charge in [-0.25, -0.2) is 0 Å². The molecule has 0 aromatic carbocycles. The van der Waals surface area contributed by atoms with Crippen LogP contribution >= 0.6 is 11.5 Å². The van der Waals surface area contributed by atoms with Gasteiger partial charge in [0, 0.05) is 6.54 Å². The number of aromatic nitrogens is 5. The molecule has 0 saturated heterocycles. The molecule has 0 N–H and O–H groups in total. The van der Waals surface area contributed by atoms with Crippen LogP contribution in [0.3, 0.4) is 0 Å². The molecule has 5 nitrogen and oxygen atoms in total. The third-order valence-electron chi connectivity index (χ3n) is 2.33. The van der Waals surface area contributed by atoms with Crippen LogP contribution in [0.5, 0.6) is 0 Å². The normalized spacial score (nSPS) is 10.9. The van der Waals surface area contributed by atoms with Crippen molar-refractivity contribution in [1.82, 2.24) is 24.4 Å². The molecular formula is C10H15N5S. The van der Waals surface area contributed by atoms with Crippen LogP contribution in [0, 0.1) is 0 Å². The van der Waals surface area contributed by atoms with Crippen LogP contribution in [0.4, 0.5) is 0 Å². The summed E-state index contributed by atoms with van der Waals surface area (Å²) in [6, 6.07) is 0. The van der Waals surface area contributed by atoms with Crippen LogP contribution in [-0.4, -0.2) is 24.4 Å². The second-order valence-corrected chi connectivity index (χ2v) is 4.40. The summed E-state index contributed by atoms with van der Waals surface area (Å²) in [5.74, 6) is 0.903. The van der Waals surface area contributed by atoms with E-state index in [4.69, 9.17) is 0 Å². The van der Waals surface area contributed by atoms with Crippen molar-refractivity contribution in [1.29, 1.82) is 0 Å². The van der Waals surface area contributed by atoms with Crippen molar-refractivity contribution in [2.24, 2.45) is 0 Å². The maximum Gasteiger partial charge on any atom is 0.177 e. The topological polar surface area (TPSA) is 56.5 Å². The quantitative estimate of drug-likeness (QED) is 0.799. The van der Waals surface area contributed by atoms with E-state index >= 15 is 0 Å². The first-order valence-electron chi connectivity index (χ1n) is 5.56. The summed E-state index contributed by atoms with van der Waals surface area (Å²) in [6.07, 6.45) is 4.86. The van der Waals surface area contributed by atoms with E-state index in [9.17, 15) is 0 Å². The summed E-state index contributed by atoms with van der Waals surface area (Å²) < 4.78 is 6.07. The van der Waals surface area contributed by atoms with Crippen LogP contribution in [0.1, 0.15) is 32.4 Å². The molecule has 2 aromatic rings. The van der Waals surface area contributed by atoms with Crippen LogP contribution in [-0.2, 0) is 13.0 Å². The Morgan fingerprint density at radius 2 is 2.12 bits per heavy atom. The second kappa shape index (κ2) is 5.16. The van der Waals surface area contributed by atoms with Crippen LogP contribution < -0.4 is 0 Å². The Kier molecular flexibility index (Phi) is 3.61. The van der Waals surface area contributed by atoms with Gasteiger partial charge in [0.2, 0.25) is 0 Å². The molecule has 0 spiro atoms. The highest BCUT2D eigenvalue weighted by Crippen LogP contribution is 2.24. The third-order valence-corrected chi connectivity index (χ3v) is 3.09. The van der Waals surface area contributed by atoms with E-state index in [1.165, 1.54) is 11.5 Å². The Morgan fingerprint density at radius 1 is 1.25 bits per heavy atom. The summed E-state index contributed by atoms with van der Waals surface area (Å²) in [5, 5.41) is 12.3. The van der Waals surface area contributed by atoms with Gasteiger partial charge in [-0.1, -0.05) is 24.8 Å². The molecule has 0 fully saturated rings. The number of hydrogen-bond acceptors (Lipinski definition) is 5. The highest BCUT2D eigenvalue weighted by atomic mass is 32.1. The van der Waals surface area contributed by atoms with Crippen molar-refractivity contribution in [3.63, 3.8) is 0 Å². The van der Waals surface area contributed by atoms with E-state index in [-0.39, 0.29) is 0 Å². The maximum atomic E-state index is 4.16. The van der Waals surface area contributed by atoms with E-state index in [0.717, 1.165) is 42.2 Å². The average Bonchev–Trinajstić information content (AvgIpc) is 2.87. The van der Waals surface area contributed by atoms with Gasteiger partial charge in [-0.3, -0.25) is 0 Å². The number of hydrogen-bond donors (Lipinski definition) is 0. The zero-order valence-electron chi connectivity index (χ0n) is 9.55. The molecule has 2 aromatic heterocycles. The Labute approximate surface area is 98.7 Å². The zero-order chi connectivity index (χ0) is 11.4. The first-order valence-corrected chi connectivity index (χ1v) is 6.33. The summed E-state index contributed by atoms with van der Waals surface area (Å²) >= 11 is 1.40. The van der Waals surface area contributed by atoms with Gasteiger partial charge < -0.3 is 4.57 Å². The van der Waals surface area contributed by atoms with Crippen LogP contribution in [0.25, 0.3) is 10.7 Å². The van der Waals surface area contributed by atoms with Gasteiger partial charge in [-0.05, 0) is 24.4 Å². The zero-order valence-corrected chi connectivity index (χ0v) is 10.4. The Balaban J connectivity index is 2.34. The second-order valence-electron chi connectivity index (χ2n) is 3.65. The molecule has 2 rings (SSSR count). The van der Waals surface area contributed by atoms with Gasteiger partial charge in [-0.15, -0.1) is 15.3 Å². The van der Waals surface area contributed by atoms with Crippen molar-refractivity contribution in [2.45, 2.75) is 39.7 Å². The summed E-state index contributed by atoms with van der Waals surface area (Å²) in [7, 11) is 0. The van der Waals surface area contributed by atoms with Crippen molar-refractivity contribution in [2.75, 3.05) is 0 Å². The van der Waals surface area contributed by atoms with Gasteiger partial charge >= 0.3 is 0 Å². The van der Waals surface area contributed by atoms with E-state index in [2.05, 4.69) is 38.2 Å². The molecule has 0 aliphatic rings. The molecular weight excluding hydrogens is 222 g/mol. The van der Waals surface area contributed by atoms with Gasteiger partial charge in [-0.2, -0.15) is 0 Å². The molecule has 0 unspecified atom stereocenters. The summed E-state index contributed by atoms with van der Waals surface area (Å²) in [4.78, 5) is 1.06. The molecule has 6 heteroatoms.